The summed E-state index contributed by atoms with van der Waals surface area (Å²) in [6, 6.07) is 4.47. The highest BCUT2D eigenvalue weighted by Gasteiger charge is 2.25. The second kappa shape index (κ2) is 7.68. The minimum Gasteiger partial charge on any atom is -0.293 e. The topological polar surface area (TPSA) is 60.7 Å². The zero-order valence-electron chi connectivity index (χ0n) is 15.5. The van der Waals surface area contributed by atoms with Crippen LogP contribution in [0.4, 0.5) is 0 Å². The molecule has 3 rings (SSSR count). The van der Waals surface area contributed by atoms with Gasteiger partial charge in [-0.15, -0.1) is 5.10 Å². The van der Waals surface area contributed by atoms with Crippen LogP contribution in [0.25, 0.3) is 0 Å². The Morgan fingerprint density at radius 3 is 2.52 bits per heavy atom. The predicted octanol–water partition coefficient (Wildman–Crippen LogP) is 4.47. The maximum atomic E-state index is 12.9. The van der Waals surface area contributed by atoms with Crippen molar-refractivity contribution in [1.82, 2.24) is 20.2 Å². The number of tetrazole rings is 1. The molecule has 0 saturated heterocycles. The first-order valence-corrected chi connectivity index (χ1v) is 9.92. The third-order valence-electron chi connectivity index (χ3n) is 5.14. The molecular formula is C19H26N4OS. The van der Waals surface area contributed by atoms with Crippen LogP contribution >= 0.6 is 11.8 Å². The molecule has 1 aromatic heterocycles. The monoisotopic (exact) mass is 358 g/mol. The summed E-state index contributed by atoms with van der Waals surface area (Å²) in [5.41, 5.74) is 4.21. The Morgan fingerprint density at radius 1 is 1.12 bits per heavy atom. The van der Waals surface area contributed by atoms with Crippen molar-refractivity contribution in [2.24, 2.45) is 0 Å². The molecule has 0 spiro atoms. The predicted molar refractivity (Wildman–Crippen MR) is 100 cm³/mol. The van der Waals surface area contributed by atoms with Crippen molar-refractivity contribution in [3.8, 4) is 0 Å². The number of rotatable bonds is 5. The molecule has 1 atom stereocenters. The van der Waals surface area contributed by atoms with Crippen LogP contribution in [0.2, 0.25) is 0 Å². The number of hydrogen-bond donors (Lipinski definition) is 0. The molecule has 0 N–H and O–H groups in total. The van der Waals surface area contributed by atoms with E-state index >= 15 is 0 Å². The summed E-state index contributed by atoms with van der Waals surface area (Å²) in [6.45, 7) is 8.07. The van der Waals surface area contributed by atoms with Crippen LogP contribution in [0.3, 0.4) is 0 Å². The minimum atomic E-state index is -0.214. The van der Waals surface area contributed by atoms with Crippen LogP contribution in [0.1, 0.15) is 72.1 Å². The minimum absolute atomic E-state index is 0.142. The molecule has 134 valence electrons. The Hall–Kier alpha value is -1.69. The van der Waals surface area contributed by atoms with Gasteiger partial charge in [0.15, 0.2) is 5.78 Å². The van der Waals surface area contributed by atoms with Crippen LogP contribution in [0.5, 0.6) is 0 Å². The van der Waals surface area contributed by atoms with Gasteiger partial charge in [0.1, 0.15) is 0 Å². The fraction of sp³-hybridized carbons (Fsp3) is 0.579. The fourth-order valence-corrected chi connectivity index (χ4v) is 4.40. The molecule has 6 heteroatoms. The van der Waals surface area contributed by atoms with Gasteiger partial charge >= 0.3 is 0 Å². The van der Waals surface area contributed by atoms with Crippen molar-refractivity contribution >= 4 is 17.5 Å². The number of hydrogen-bond acceptors (Lipinski definition) is 5. The average Bonchev–Trinajstić information content (AvgIpc) is 3.06. The van der Waals surface area contributed by atoms with Crippen molar-refractivity contribution < 1.29 is 4.79 Å². The Morgan fingerprint density at radius 2 is 1.80 bits per heavy atom. The number of aromatic nitrogens is 4. The second-order valence-corrected chi connectivity index (χ2v) is 8.38. The number of aryl methyl sites for hydroxylation is 3. The van der Waals surface area contributed by atoms with Crippen LogP contribution in [-0.2, 0) is 0 Å². The highest BCUT2D eigenvalue weighted by Crippen LogP contribution is 2.32. The van der Waals surface area contributed by atoms with E-state index in [-0.39, 0.29) is 11.0 Å². The van der Waals surface area contributed by atoms with Gasteiger partial charge in [-0.2, -0.15) is 0 Å². The van der Waals surface area contributed by atoms with E-state index in [2.05, 4.69) is 28.5 Å². The van der Waals surface area contributed by atoms with Gasteiger partial charge in [-0.1, -0.05) is 37.1 Å². The zero-order valence-corrected chi connectivity index (χ0v) is 16.3. The van der Waals surface area contributed by atoms with Crippen LogP contribution in [0, 0.1) is 20.8 Å². The van der Waals surface area contributed by atoms with Gasteiger partial charge in [0.05, 0.1) is 11.3 Å². The molecule has 1 fully saturated rings. The van der Waals surface area contributed by atoms with Gasteiger partial charge in [-0.25, -0.2) is 4.68 Å². The van der Waals surface area contributed by atoms with E-state index in [0.717, 1.165) is 34.7 Å². The van der Waals surface area contributed by atoms with Gasteiger partial charge in [-0.05, 0) is 73.7 Å². The first-order chi connectivity index (χ1) is 12.0. The molecule has 0 radical (unpaired) electrons. The molecule has 1 aromatic carbocycles. The Labute approximate surface area is 153 Å². The molecule has 0 amide bonds. The van der Waals surface area contributed by atoms with Crippen molar-refractivity contribution in [2.75, 3.05) is 0 Å². The Kier molecular flexibility index (Phi) is 5.57. The number of thioether (sulfide) groups is 1. The highest BCUT2D eigenvalue weighted by molar-refractivity contribution is 8.00. The van der Waals surface area contributed by atoms with Gasteiger partial charge in [0.2, 0.25) is 5.16 Å². The molecular weight excluding hydrogens is 332 g/mol. The summed E-state index contributed by atoms with van der Waals surface area (Å²) >= 11 is 1.47. The Bertz CT molecular complexity index is 765. The van der Waals surface area contributed by atoms with E-state index in [4.69, 9.17) is 0 Å². The molecule has 2 aromatic rings. The normalized spacial score (nSPS) is 16.8. The molecule has 0 aliphatic heterocycles. The van der Waals surface area contributed by atoms with Crippen molar-refractivity contribution in [3.63, 3.8) is 0 Å². The highest BCUT2D eigenvalue weighted by atomic mass is 32.2. The lowest BCUT2D eigenvalue weighted by molar-refractivity contribution is 0.0993. The van der Waals surface area contributed by atoms with Crippen LogP contribution in [-0.4, -0.2) is 31.2 Å². The maximum absolute atomic E-state index is 12.9. The molecule has 5 nitrogen and oxygen atoms in total. The molecule has 1 saturated carbocycles. The number of Topliss-reactive ketones (excluding diaryl/α,β-unsaturated/α-hetero) is 1. The number of benzene rings is 1. The maximum Gasteiger partial charge on any atom is 0.210 e. The number of nitrogens with zero attached hydrogens (tertiary/aromatic N) is 4. The third kappa shape index (κ3) is 3.94. The van der Waals surface area contributed by atoms with E-state index in [1.165, 1.54) is 36.6 Å². The van der Waals surface area contributed by atoms with E-state index in [1.807, 2.05) is 31.5 Å². The third-order valence-corrected chi connectivity index (χ3v) is 6.19. The largest absolute Gasteiger partial charge is 0.293 e. The average molecular weight is 359 g/mol. The lowest BCUT2D eigenvalue weighted by Crippen LogP contribution is -2.19. The van der Waals surface area contributed by atoms with Crippen LogP contribution in [0.15, 0.2) is 17.3 Å². The number of ketones is 1. The smallest absolute Gasteiger partial charge is 0.210 e. The van der Waals surface area contributed by atoms with E-state index in [0.29, 0.717) is 6.04 Å². The first-order valence-electron chi connectivity index (χ1n) is 9.04. The number of carbonyl (C=O) groups is 1. The van der Waals surface area contributed by atoms with Crippen molar-refractivity contribution in [2.45, 2.75) is 76.2 Å². The molecule has 1 unspecified atom stereocenters. The van der Waals surface area contributed by atoms with Gasteiger partial charge in [-0.3, -0.25) is 4.79 Å². The number of carbonyl (C=O) groups excluding carboxylic acids is 1. The van der Waals surface area contributed by atoms with Gasteiger partial charge in [0.25, 0.3) is 0 Å². The second-order valence-electron chi connectivity index (χ2n) is 7.07. The zero-order chi connectivity index (χ0) is 18.0. The first kappa shape index (κ1) is 18.1. The Balaban J connectivity index is 1.76. The summed E-state index contributed by atoms with van der Waals surface area (Å²) in [4.78, 5) is 12.9. The summed E-state index contributed by atoms with van der Waals surface area (Å²) in [5, 5.41) is 12.8. The summed E-state index contributed by atoms with van der Waals surface area (Å²) < 4.78 is 1.93. The molecule has 0 bridgehead atoms. The summed E-state index contributed by atoms with van der Waals surface area (Å²) in [6.07, 6.45) is 5.99. The lowest BCUT2D eigenvalue weighted by Gasteiger charge is -2.22. The summed E-state index contributed by atoms with van der Waals surface area (Å²) in [5.74, 6) is 0.142. The van der Waals surface area contributed by atoms with Gasteiger partial charge in [0, 0.05) is 5.56 Å². The lowest BCUT2D eigenvalue weighted by atomic mass is 9.96. The molecule has 1 aliphatic rings. The van der Waals surface area contributed by atoms with Crippen LogP contribution < -0.4 is 0 Å². The fourth-order valence-electron chi connectivity index (χ4n) is 3.47. The molecule has 1 heterocycles. The van der Waals surface area contributed by atoms with E-state index in [9.17, 15) is 4.79 Å². The van der Waals surface area contributed by atoms with E-state index in [1.54, 1.807) is 0 Å². The van der Waals surface area contributed by atoms with Crippen molar-refractivity contribution in [1.29, 1.82) is 0 Å². The van der Waals surface area contributed by atoms with Gasteiger partial charge < -0.3 is 0 Å². The van der Waals surface area contributed by atoms with E-state index < -0.39 is 0 Å². The SMILES string of the molecule is Cc1cc(C)c(C(=O)C(C)Sc2nnnn2C2CCCCC2)cc1C. The standard InChI is InChI=1S/C19H26N4OS/c1-12-10-14(3)17(11-13(12)2)18(24)15(4)25-19-20-21-22-23(19)16-8-6-5-7-9-16/h10-11,15-16H,5-9H2,1-4H3. The molecule has 25 heavy (non-hydrogen) atoms. The quantitative estimate of drug-likeness (QED) is 0.583. The summed E-state index contributed by atoms with van der Waals surface area (Å²) in [7, 11) is 0. The molecule has 1 aliphatic carbocycles. The van der Waals surface area contributed by atoms with Crippen molar-refractivity contribution in [3.05, 3.63) is 34.4 Å².